The molecule has 0 fully saturated rings. The molecule has 0 saturated carbocycles. The quantitative estimate of drug-likeness (QED) is 0.784. The van der Waals surface area contributed by atoms with Crippen LogP contribution >= 0.6 is 11.6 Å². The van der Waals surface area contributed by atoms with Crippen molar-refractivity contribution in [3.8, 4) is 17.2 Å². The van der Waals surface area contributed by atoms with Gasteiger partial charge >= 0.3 is 0 Å². The molecule has 2 aromatic rings. The summed E-state index contributed by atoms with van der Waals surface area (Å²) in [6.45, 7) is 0. The molecule has 0 amide bonds. The Kier molecular flexibility index (Phi) is 2.91. The summed E-state index contributed by atoms with van der Waals surface area (Å²) in [4.78, 5) is 11.8. The number of fused-ring (bicyclic) bond motifs is 2. The monoisotopic (exact) mass is 274 g/mol. The SMILES string of the molecule is COc1cccc2c1Oc1ccccc1[C@H]2C(=O)Cl. The van der Waals surface area contributed by atoms with Crippen LogP contribution in [-0.4, -0.2) is 12.4 Å². The third-order valence-electron chi connectivity index (χ3n) is 3.21. The van der Waals surface area contributed by atoms with Gasteiger partial charge in [-0.1, -0.05) is 30.3 Å². The lowest BCUT2D eigenvalue weighted by molar-refractivity contribution is -0.112. The highest BCUT2D eigenvalue weighted by Gasteiger charge is 2.33. The Balaban J connectivity index is 2.25. The van der Waals surface area contributed by atoms with Gasteiger partial charge in [-0.3, -0.25) is 4.79 Å². The zero-order valence-electron chi connectivity index (χ0n) is 10.2. The number of para-hydroxylation sites is 2. The van der Waals surface area contributed by atoms with Crippen LogP contribution in [0.3, 0.4) is 0 Å². The second-order valence-corrected chi connectivity index (χ2v) is 4.63. The fraction of sp³-hybridized carbons (Fsp3) is 0.133. The lowest BCUT2D eigenvalue weighted by atomic mass is 9.89. The van der Waals surface area contributed by atoms with Crippen molar-refractivity contribution in [1.29, 1.82) is 0 Å². The summed E-state index contributed by atoms with van der Waals surface area (Å²) in [6.07, 6.45) is 0. The first-order valence-corrected chi connectivity index (χ1v) is 6.23. The van der Waals surface area contributed by atoms with E-state index in [0.717, 1.165) is 11.1 Å². The first-order chi connectivity index (χ1) is 9.22. The van der Waals surface area contributed by atoms with Crippen molar-refractivity contribution in [3.63, 3.8) is 0 Å². The van der Waals surface area contributed by atoms with E-state index in [1.54, 1.807) is 13.2 Å². The molecule has 2 aromatic carbocycles. The zero-order chi connectivity index (χ0) is 13.4. The lowest BCUT2D eigenvalue weighted by Crippen LogP contribution is -2.15. The minimum absolute atomic E-state index is 0.426. The molecule has 0 radical (unpaired) electrons. The smallest absolute Gasteiger partial charge is 0.233 e. The van der Waals surface area contributed by atoms with Crippen LogP contribution in [0.4, 0.5) is 0 Å². The number of ether oxygens (including phenoxy) is 2. The lowest BCUT2D eigenvalue weighted by Gasteiger charge is -2.26. The van der Waals surface area contributed by atoms with E-state index in [1.165, 1.54) is 0 Å². The normalized spacial score (nSPS) is 16.0. The summed E-state index contributed by atoms with van der Waals surface area (Å²) in [7, 11) is 1.57. The van der Waals surface area contributed by atoms with Crippen molar-refractivity contribution < 1.29 is 14.3 Å². The number of benzene rings is 2. The van der Waals surface area contributed by atoms with E-state index in [4.69, 9.17) is 21.1 Å². The van der Waals surface area contributed by atoms with Gasteiger partial charge in [-0.05, 0) is 23.7 Å². The molecule has 0 aliphatic carbocycles. The number of hydrogen-bond donors (Lipinski definition) is 0. The Hall–Kier alpha value is -2.00. The number of halogens is 1. The molecule has 0 unspecified atom stereocenters. The first kappa shape index (κ1) is 12.1. The van der Waals surface area contributed by atoms with Crippen LogP contribution < -0.4 is 9.47 Å². The van der Waals surface area contributed by atoms with Gasteiger partial charge in [0.2, 0.25) is 5.24 Å². The average Bonchev–Trinajstić information content (AvgIpc) is 2.43. The fourth-order valence-corrected chi connectivity index (χ4v) is 2.60. The molecule has 0 spiro atoms. The van der Waals surface area contributed by atoms with E-state index in [0.29, 0.717) is 17.2 Å². The van der Waals surface area contributed by atoms with Crippen molar-refractivity contribution in [3.05, 3.63) is 53.6 Å². The number of methoxy groups -OCH3 is 1. The topological polar surface area (TPSA) is 35.5 Å². The van der Waals surface area contributed by atoms with Crippen LogP contribution in [0.2, 0.25) is 0 Å². The Morgan fingerprint density at radius 3 is 2.63 bits per heavy atom. The first-order valence-electron chi connectivity index (χ1n) is 5.85. The molecule has 4 heteroatoms. The Labute approximate surface area is 115 Å². The molecule has 0 saturated heterocycles. The summed E-state index contributed by atoms with van der Waals surface area (Å²) < 4.78 is 11.1. The van der Waals surface area contributed by atoms with E-state index in [2.05, 4.69) is 0 Å². The highest BCUT2D eigenvalue weighted by Crippen LogP contribution is 2.48. The van der Waals surface area contributed by atoms with Gasteiger partial charge in [0.05, 0.1) is 13.0 Å². The van der Waals surface area contributed by atoms with E-state index in [9.17, 15) is 4.79 Å². The zero-order valence-corrected chi connectivity index (χ0v) is 11.0. The second kappa shape index (κ2) is 4.59. The maximum atomic E-state index is 11.8. The molecule has 96 valence electrons. The molecular weight excluding hydrogens is 264 g/mol. The number of carbonyl (C=O) groups excluding carboxylic acids is 1. The van der Waals surface area contributed by atoms with Gasteiger partial charge in [-0.25, -0.2) is 0 Å². The molecule has 3 rings (SSSR count). The van der Waals surface area contributed by atoms with Crippen molar-refractivity contribution in [2.75, 3.05) is 7.11 Å². The van der Waals surface area contributed by atoms with Crippen LogP contribution in [0.5, 0.6) is 17.2 Å². The molecule has 1 aliphatic rings. The summed E-state index contributed by atoms with van der Waals surface area (Å²) in [6, 6.07) is 12.8. The third kappa shape index (κ3) is 1.87. The van der Waals surface area contributed by atoms with Crippen LogP contribution in [-0.2, 0) is 4.79 Å². The number of hydrogen-bond acceptors (Lipinski definition) is 3. The van der Waals surface area contributed by atoms with Gasteiger partial charge in [0, 0.05) is 11.1 Å². The number of rotatable bonds is 2. The van der Waals surface area contributed by atoms with Gasteiger partial charge in [0.25, 0.3) is 0 Å². The molecule has 0 N–H and O–H groups in total. The van der Waals surface area contributed by atoms with Crippen molar-refractivity contribution in [1.82, 2.24) is 0 Å². The largest absolute Gasteiger partial charge is 0.493 e. The summed E-state index contributed by atoms with van der Waals surface area (Å²) in [5.41, 5.74) is 1.52. The van der Waals surface area contributed by atoms with E-state index in [-0.39, 0.29) is 0 Å². The van der Waals surface area contributed by atoms with Gasteiger partial charge < -0.3 is 9.47 Å². The van der Waals surface area contributed by atoms with Gasteiger partial charge in [-0.2, -0.15) is 0 Å². The van der Waals surface area contributed by atoms with Crippen LogP contribution in [0.25, 0.3) is 0 Å². The fourth-order valence-electron chi connectivity index (χ4n) is 2.36. The van der Waals surface area contributed by atoms with Crippen LogP contribution in [0.15, 0.2) is 42.5 Å². The van der Waals surface area contributed by atoms with Crippen molar-refractivity contribution in [2.24, 2.45) is 0 Å². The molecule has 0 bridgehead atoms. The maximum absolute atomic E-state index is 11.8. The molecular formula is C15H11ClO3. The van der Waals surface area contributed by atoms with Gasteiger partial charge in [0.15, 0.2) is 11.5 Å². The average molecular weight is 275 g/mol. The van der Waals surface area contributed by atoms with E-state index in [1.807, 2.05) is 36.4 Å². The van der Waals surface area contributed by atoms with E-state index < -0.39 is 11.2 Å². The molecule has 19 heavy (non-hydrogen) atoms. The van der Waals surface area contributed by atoms with Crippen LogP contribution in [0.1, 0.15) is 17.0 Å². The highest BCUT2D eigenvalue weighted by atomic mass is 35.5. The minimum atomic E-state index is -0.517. The molecule has 0 aromatic heterocycles. The molecule has 1 aliphatic heterocycles. The minimum Gasteiger partial charge on any atom is -0.493 e. The summed E-state index contributed by atoms with van der Waals surface area (Å²) in [5, 5.41) is -0.426. The predicted octanol–water partition coefficient (Wildman–Crippen LogP) is 3.70. The summed E-state index contributed by atoms with van der Waals surface area (Å²) in [5.74, 6) is 1.27. The van der Waals surface area contributed by atoms with Gasteiger partial charge in [0.1, 0.15) is 5.75 Å². The Morgan fingerprint density at radius 1 is 1.16 bits per heavy atom. The maximum Gasteiger partial charge on any atom is 0.233 e. The Morgan fingerprint density at radius 2 is 1.89 bits per heavy atom. The van der Waals surface area contributed by atoms with E-state index >= 15 is 0 Å². The molecule has 1 atom stereocenters. The molecule has 1 heterocycles. The molecule has 3 nitrogen and oxygen atoms in total. The third-order valence-corrected chi connectivity index (χ3v) is 3.43. The van der Waals surface area contributed by atoms with Crippen molar-refractivity contribution >= 4 is 16.8 Å². The van der Waals surface area contributed by atoms with Crippen LogP contribution in [0, 0.1) is 0 Å². The van der Waals surface area contributed by atoms with Gasteiger partial charge in [-0.15, -0.1) is 0 Å². The summed E-state index contributed by atoms with van der Waals surface area (Å²) >= 11 is 5.77. The standard InChI is InChI=1S/C15H11ClO3/c1-18-12-8-4-6-10-13(15(16)17)9-5-2-3-7-11(9)19-14(10)12/h2-8,13H,1H3/t13-/m1/s1. The Bertz CT molecular complexity index is 652. The number of carbonyl (C=O) groups is 1. The predicted molar refractivity (Wildman–Crippen MR) is 72.2 cm³/mol. The van der Waals surface area contributed by atoms with Crippen molar-refractivity contribution in [2.45, 2.75) is 5.92 Å². The highest BCUT2D eigenvalue weighted by molar-refractivity contribution is 6.65. The second-order valence-electron chi connectivity index (χ2n) is 4.26.